The fraction of sp³-hybridized carbons (Fsp3) is 0.200. The molecule has 4 heteroatoms. The van der Waals surface area contributed by atoms with Gasteiger partial charge < -0.3 is 10.6 Å². The van der Waals surface area contributed by atoms with E-state index < -0.39 is 0 Å². The van der Waals surface area contributed by atoms with Gasteiger partial charge in [-0.1, -0.05) is 43.5 Å². The van der Waals surface area contributed by atoms with Crippen molar-refractivity contribution < 1.29 is 9.59 Å². The topological polar surface area (TPSA) is 58.2 Å². The first-order valence-corrected chi connectivity index (χ1v) is 5.99. The average molecular weight is 258 g/mol. The van der Waals surface area contributed by atoms with E-state index in [0.29, 0.717) is 0 Å². The molecule has 2 atom stereocenters. The van der Waals surface area contributed by atoms with Crippen LogP contribution in [0.1, 0.15) is 6.92 Å². The number of hydrogen-bond acceptors (Lipinski definition) is 2. The molecule has 1 aliphatic carbocycles. The van der Waals surface area contributed by atoms with Crippen molar-refractivity contribution in [3.05, 3.63) is 61.3 Å². The lowest BCUT2D eigenvalue weighted by atomic mass is 10.1. The third kappa shape index (κ3) is 4.10. The summed E-state index contributed by atoms with van der Waals surface area (Å²) < 4.78 is 0. The summed E-state index contributed by atoms with van der Waals surface area (Å²) in [6.45, 7) is 8.74. The van der Waals surface area contributed by atoms with E-state index in [1.54, 1.807) is 0 Å². The summed E-state index contributed by atoms with van der Waals surface area (Å²) >= 11 is 0. The molecule has 4 nitrogen and oxygen atoms in total. The summed E-state index contributed by atoms with van der Waals surface area (Å²) in [6, 6.07) is -0.587. The largest absolute Gasteiger partial charge is 0.344 e. The molecule has 1 rings (SSSR count). The lowest BCUT2D eigenvalue weighted by molar-refractivity contribution is -0.119. The van der Waals surface area contributed by atoms with Gasteiger partial charge in [0.2, 0.25) is 11.8 Å². The molecular formula is C15H18N2O2. The highest BCUT2D eigenvalue weighted by Gasteiger charge is 2.28. The molecule has 0 spiro atoms. The lowest BCUT2D eigenvalue weighted by Gasteiger charge is -2.22. The van der Waals surface area contributed by atoms with Crippen molar-refractivity contribution in [2.45, 2.75) is 19.0 Å². The molecular weight excluding hydrogens is 240 g/mol. The summed E-state index contributed by atoms with van der Waals surface area (Å²) in [4.78, 5) is 22.8. The van der Waals surface area contributed by atoms with Crippen LogP contribution < -0.4 is 10.6 Å². The van der Waals surface area contributed by atoms with Gasteiger partial charge >= 0.3 is 0 Å². The minimum Gasteiger partial charge on any atom is -0.344 e. The molecule has 0 aromatic carbocycles. The van der Waals surface area contributed by atoms with Gasteiger partial charge in [-0.25, -0.2) is 0 Å². The molecule has 0 saturated heterocycles. The van der Waals surface area contributed by atoms with Gasteiger partial charge in [0, 0.05) is 0 Å². The van der Waals surface area contributed by atoms with E-state index in [4.69, 9.17) is 0 Å². The summed E-state index contributed by atoms with van der Waals surface area (Å²) in [6.07, 6.45) is 11.8. The Labute approximate surface area is 113 Å². The van der Waals surface area contributed by atoms with Gasteiger partial charge in [-0.2, -0.15) is 0 Å². The second-order valence-corrected chi connectivity index (χ2v) is 3.98. The molecule has 0 saturated carbocycles. The molecule has 100 valence electrons. The zero-order chi connectivity index (χ0) is 14.3. The standard InChI is InChI=1S/C15H18N2O2/c1-4-7-8-11-9-10-12(16-13(18)5-2)15(11)17-14(19)6-3/h4-10,12,15H,2-3H2,1H3,(H,16,18)(H,17,19)/b7-4-,11-8+. The Morgan fingerprint density at radius 1 is 1.21 bits per heavy atom. The van der Waals surface area contributed by atoms with E-state index in [0.717, 1.165) is 5.57 Å². The van der Waals surface area contributed by atoms with Gasteiger partial charge in [0.05, 0.1) is 12.1 Å². The summed E-state index contributed by atoms with van der Waals surface area (Å²) in [7, 11) is 0. The maximum atomic E-state index is 11.5. The van der Waals surface area contributed by atoms with E-state index in [9.17, 15) is 9.59 Å². The number of nitrogens with one attached hydrogen (secondary N) is 2. The fourth-order valence-electron chi connectivity index (χ4n) is 1.74. The second kappa shape index (κ2) is 7.16. The van der Waals surface area contributed by atoms with Crippen molar-refractivity contribution in [1.29, 1.82) is 0 Å². The Hall–Kier alpha value is -2.36. The van der Waals surface area contributed by atoms with Crippen LogP contribution in [-0.2, 0) is 9.59 Å². The first kappa shape index (κ1) is 14.7. The van der Waals surface area contributed by atoms with E-state index >= 15 is 0 Å². The quantitative estimate of drug-likeness (QED) is 0.732. The molecule has 0 fully saturated rings. The minimum absolute atomic E-state index is 0.278. The third-order valence-corrected chi connectivity index (χ3v) is 2.67. The zero-order valence-electron chi connectivity index (χ0n) is 10.9. The predicted octanol–water partition coefficient (Wildman–Crippen LogP) is 1.40. The van der Waals surface area contributed by atoms with Crippen molar-refractivity contribution >= 4 is 11.8 Å². The van der Waals surface area contributed by atoms with Gasteiger partial charge in [-0.3, -0.25) is 9.59 Å². The molecule has 0 radical (unpaired) electrons. The van der Waals surface area contributed by atoms with Crippen LogP contribution in [0.4, 0.5) is 0 Å². The predicted molar refractivity (Wildman–Crippen MR) is 76.3 cm³/mol. The van der Waals surface area contributed by atoms with Crippen LogP contribution in [0, 0.1) is 0 Å². The van der Waals surface area contributed by atoms with Gasteiger partial charge in [0.15, 0.2) is 0 Å². The number of amides is 2. The van der Waals surface area contributed by atoms with Crippen molar-refractivity contribution in [3.8, 4) is 0 Å². The number of rotatable bonds is 5. The highest BCUT2D eigenvalue weighted by atomic mass is 16.2. The smallest absolute Gasteiger partial charge is 0.243 e. The summed E-state index contributed by atoms with van der Waals surface area (Å²) in [5.74, 6) is -0.558. The molecule has 2 unspecified atom stereocenters. The monoisotopic (exact) mass is 258 g/mol. The number of carbonyl (C=O) groups excluding carboxylic acids is 2. The van der Waals surface area contributed by atoms with Crippen LogP contribution in [0.3, 0.4) is 0 Å². The molecule has 2 amide bonds. The minimum atomic E-state index is -0.300. The average Bonchev–Trinajstić information content (AvgIpc) is 2.78. The molecule has 2 N–H and O–H groups in total. The van der Waals surface area contributed by atoms with E-state index in [-0.39, 0.29) is 23.9 Å². The molecule has 0 aromatic heterocycles. The second-order valence-electron chi connectivity index (χ2n) is 3.98. The highest BCUT2D eigenvalue weighted by Crippen LogP contribution is 2.18. The lowest BCUT2D eigenvalue weighted by Crippen LogP contribution is -2.48. The van der Waals surface area contributed by atoms with Crippen LogP contribution in [0.5, 0.6) is 0 Å². The maximum Gasteiger partial charge on any atom is 0.243 e. The number of allylic oxidation sites excluding steroid dienone is 3. The van der Waals surface area contributed by atoms with Crippen LogP contribution >= 0.6 is 0 Å². The molecule has 0 heterocycles. The van der Waals surface area contributed by atoms with Crippen LogP contribution in [0.2, 0.25) is 0 Å². The Morgan fingerprint density at radius 2 is 1.84 bits per heavy atom. The van der Waals surface area contributed by atoms with E-state index in [1.807, 2.05) is 37.3 Å². The molecule has 1 aliphatic rings. The first-order valence-electron chi connectivity index (χ1n) is 5.99. The first-order chi connectivity index (χ1) is 9.12. The Balaban J connectivity index is 2.89. The molecule has 0 aliphatic heterocycles. The number of carbonyl (C=O) groups is 2. The third-order valence-electron chi connectivity index (χ3n) is 2.67. The summed E-state index contributed by atoms with van der Waals surface area (Å²) in [5.41, 5.74) is 0.919. The van der Waals surface area contributed by atoms with Crippen molar-refractivity contribution in [1.82, 2.24) is 10.6 Å². The van der Waals surface area contributed by atoms with Crippen molar-refractivity contribution in [2.24, 2.45) is 0 Å². The van der Waals surface area contributed by atoms with Crippen molar-refractivity contribution in [3.63, 3.8) is 0 Å². The van der Waals surface area contributed by atoms with Gasteiger partial charge in [0.1, 0.15) is 0 Å². The normalized spacial score (nSPS) is 23.5. The zero-order valence-corrected chi connectivity index (χ0v) is 10.9. The Bertz CT molecular complexity index is 473. The maximum absolute atomic E-state index is 11.5. The number of hydrogen-bond donors (Lipinski definition) is 2. The molecule has 0 aromatic rings. The molecule has 19 heavy (non-hydrogen) atoms. The Kier molecular flexibility index (Phi) is 5.54. The fourth-order valence-corrected chi connectivity index (χ4v) is 1.74. The molecule has 0 bridgehead atoms. The van der Waals surface area contributed by atoms with Gasteiger partial charge in [0.25, 0.3) is 0 Å². The van der Waals surface area contributed by atoms with Crippen LogP contribution in [0.15, 0.2) is 61.3 Å². The van der Waals surface area contributed by atoms with Crippen molar-refractivity contribution in [2.75, 3.05) is 0 Å². The van der Waals surface area contributed by atoms with Gasteiger partial charge in [-0.15, -0.1) is 0 Å². The van der Waals surface area contributed by atoms with E-state index in [1.165, 1.54) is 12.2 Å². The van der Waals surface area contributed by atoms with E-state index in [2.05, 4.69) is 23.8 Å². The SMILES string of the molecule is C=CC(=O)NC1C=C/C(=C\C=C/C)C1NC(=O)C=C. The van der Waals surface area contributed by atoms with Crippen LogP contribution in [0.25, 0.3) is 0 Å². The highest BCUT2D eigenvalue weighted by molar-refractivity contribution is 5.89. The summed E-state index contributed by atoms with van der Waals surface area (Å²) in [5, 5.41) is 5.55. The van der Waals surface area contributed by atoms with Gasteiger partial charge in [-0.05, 0) is 24.6 Å². The van der Waals surface area contributed by atoms with Crippen LogP contribution in [-0.4, -0.2) is 23.9 Å². The Morgan fingerprint density at radius 3 is 2.42 bits per heavy atom.